The number of carbonyl (C=O) groups is 8. The van der Waals surface area contributed by atoms with Crippen LogP contribution in [0.15, 0.2) is 0 Å². The molecule has 4 amide bonds. The van der Waals surface area contributed by atoms with Gasteiger partial charge in [0, 0.05) is 25.7 Å². The van der Waals surface area contributed by atoms with Crippen LogP contribution in [0.25, 0.3) is 0 Å². The van der Waals surface area contributed by atoms with E-state index in [0.29, 0.717) is 35.8 Å². The van der Waals surface area contributed by atoms with E-state index in [0.717, 1.165) is 0 Å². The minimum absolute atomic E-state index is 0.0164. The topological polar surface area (TPSA) is 180 Å². The lowest BCUT2D eigenvalue weighted by Gasteiger charge is -2.30. The van der Waals surface area contributed by atoms with E-state index in [1.54, 1.807) is 41.5 Å². The molecule has 2 saturated heterocycles. The molecule has 0 spiro atoms. The molecule has 0 aliphatic carbocycles. The van der Waals surface area contributed by atoms with Crippen LogP contribution in [0.1, 0.15) is 121 Å². The first-order valence-corrected chi connectivity index (χ1v) is 16.3. The van der Waals surface area contributed by atoms with Gasteiger partial charge < -0.3 is 19.1 Å². The molecule has 0 aromatic heterocycles. The van der Waals surface area contributed by atoms with Gasteiger partial charge in [-0.2, -0.15) is 0 Å². The number of imide groups is 2. The van der Waals surface area contributed by atoms with Gasteiger partial charge in [-0.05, 0) is 56.8 Å². The van der Waals surface area contributed by atoms with Crippen molar-refractivity contribution < 1.29 is 57.5 Å². The molecule has 0 bridgehead atoms. The van der Waals surface area contributed by atoms with E-state index in [9.17, 15) is 38.4 Å². The highest BCUT2D eigenvalue weighted by Gasteiger charge is 2.42. The normalized spacial score (nSPS) is 16.6. The minimum atomic E-state index is -1.33. The number of hydrogen-bond acceptors (Lipinski definition) is 12. The predicted octanol–water partition coefficient (Wildman–Crippen LogP) is 4.22. The predicted molar refractivity (Wildman–Crippen MR) is 166 cm³/mol. The summed E-state index contributed by atoms with van der Waals surface area (Å²) in [6, 6.07) is 0. The number of nitrogens with zero attached hydrogens (tertiary/aromatic N) is 2. The average Bonchev–Trinajstić information content (AvgIpc) is 3.43. The Hall–Kier alpha value is -3.84. The van der Waals surface area contributed by atoms with Gasteiger partial charge in [-0.1, -0.05) is 55.4 Å². The first-order chi connectivity index (χ1) is 21.8. The molecule has 14 nitrogen and oxygen atoms in total. The smallest absolute Gasteiger partial charge is 0.347 e. The maximum absolute atomic E-state index is 13.0. The van der Waals surface area contributed by atoms with Gasteiger partial charge in [-0.3, -0.25) is 28.8 Å². The van der Waals surface area contributed by atoms with Crippen LogP contribution in [-0.2, 0) is 57.5 Å². The zero-order valence-corrected chi connectivity index (χ0v) is 29.5. The fraction of sp³-hybridized carbons (Fsp3) is 0.758. The standard InChI is InChI=1S/C31H46N2O12.C2H6/c1-18(2)24(28(40)44-32-20(34)10-11-21(32)35)26(38)42-17-16-30(5,6)14-9-15-31(7,8)43-27(39)25(19(3)4)29(41)45-33-22(36)12-13-23(33)37;1-2/h18-19,24-25H,9-17H2,1-8H3;1-2H3. The lowest BCUT2D eigenvalue weighted by molar-refractivity contribution is -0.205. The molecule has 14 heteroatoms. The highest BCUT2D eigenvalue weighted by molar-refractivity contribution is 6.04. The van der Waals surface area contributed by atoms with E-state index in [2.05, 4.69) is 0 Å². The van der Waals surface area contributed by atoms with Gasteiger partial charge in [0.1, 0.15) is 5.60 Å². The van der Waals surface area contributed by atoms with E-state index in [1.807, 2.05) is 27.7 Å². The van der Waals surface area contributed by atoms with Crippen LogP contribution in [0.5, 0.6) is 0 Å². The van der Waals surface area contributed by atoms with Crippen molar-refractivity contribution in [1.82, 2.24) is 10.1 Å². The third kappa shape index (κ3) is 12.4. The molecule has 2 atom stereocenters. The molecular formula is C33H52N2O12. The fourth-order valence-electron chi connectivity index (χ4n) is 4.91. The van der Waals surface area contributed by atoms with E-state index in [-0.39, 0.29) is 37.7 Å². The van der Waals surface area contributed by atoms with E-state index < -0.39 is 76.8 Å². The zero-order chi connectivity index (χ0) is 36.3. The van der Waals surface area contributed by atoms with Gasteiger partial charge in [0.25, 0.3) is 23.6 Å². The maximum atomic E-state index is 13.0. The summed E-state index contributed by atoms with van der Waals surface area (Å²) < 4.78 is 11.1. The van der Waals surface area contributed by atoms with Crippen LogP contribution in [0.2, 0.25) is 0 Å². The van der Waals surface area contributed by atoms with E-state index in [1.165, 1.54) is 0 Å². The van der Waals surface area contributed by atoms with Gasteiger partial charge >= 0.3 is 23.9 Å². The molecule has 0 N–H and O–H groups in total. The van der Waals surface area contributed by atoms with Gasteiger partial charge in [-0.15, -0.1) is 10.1 Å². The number of carbonyl (C=O) groups excluding carboxylic acids is 8. The number of amides is 4. The van der Waals surface area contributed by atoms with E-state index in [4.69, 9.17) is 19.1 Å². The van der Waals surface area contributed by atoms with Gasteiger partial charge in [0.15, 0.2) is 11.8 Å². The van der Waals surface area contributed by atoms with Crippen molar-refractivity contribution >= 4 is 47.5 Å². The molecule has 0 aromatic rings. The maximum Gasteiger partial charge on any atom is 0.347 e. The van der Waals surface area contributed by atoms with Crippen molar-refractivity contribution in [2.24, 2.45) is 29.1 Å². The Balaban J connectivity index is 0.00000541. The SMILES string of the molecule is CC.CC(C)C(C(=O)OCCC(C)(C)CCCC(C)(C)OC(=O)C(C(=O)ON1C(=O)CCC1=O)C(C)C)C(=O)ON1C(=O)CCC1=O. The van der Waals surface area contributed by atoms with Crippen LogP contribution in [-0.4, -0.2) is 69.8 Å². The average molecular weight is 669 g/mol. The van der Waals surface area contributed by atoms with Crippen LogP contribution in [0.3, 0.4) is 0 Å². The van der Waals surface area contributed by atoms with Crippen molar-refractivity contribution in [1.29, 1.82) is 0 Å². The zero-order valence-electron chi connectivity index (χ0n) is 29.5. The number of hydroxylamine groups is 4. The first kappa shape index (κ1) is 41.2. The molecule has 2 aliphatic rings. The van der Waals surface area contributed by atoms with Crippen molar-refractivity contribution in [3.63, 3.8) is 0 Å². The molecule has 0 radical (unpaired) electrons. The molecule has 2 fully saturated rings. The Morgan fingerprint density at radius 3 is 1.38 bits per heavy atom. The van der Waals surface area contributed by atoms with Crippen LogP contribution in [0.4, 0.5) is 0 Å². The molecule has 0 saturated carbocycles. The van der Waals surface area contributed by atoms with Crippen molar-refractivity contribution in [2.45, 2.75) is 126 Å². The highest BCUT2D eigenvalue weighted by atomic mass is 16.7. The van der Waals surface area contributed by atoms with Crippen molar-refractivity contribution in [2.75, 3.05) is 6.61 Å². The summed E-state index contributed by atoms with van der Waals surface area (Å²) in [6.07, 6.45) is 1.94. The molecular weight excluding hydrogens is 616 g/mol. The Morgan fingerprint density at radius 1 is 0.617 bits per heavy atom. The Kier molecular flexibility index (Phi) is 15.7. The van der Waals surface area contributed by atoms with Gasteiger partial charge in [0.2, 0.25) is 0 Å². The molecule has 266 valence electrons. The van der Waals surface area contributed by atoms with Gasteiger partial charge in [0.05, 0.1) is 6.61 Å². The van der Waals surface area contributed by atoms with Crippen LogP contribution < -0.4 is 0 Å². The summed E-state index contributed by atoms with van der Waals surface area (Å²) in [6.45, 7) is 17.9. The summed E-state index contributed by atoms with van der Waals surface area (Å²) >= 11 is 0. The number of esters is 2. The van der Waals surface area contributed by atoms with Crippen molar-refractivity contribution in [3.05, 3.63) is 0 Å². The monoisotopic (exact) mass is 668 g/mol. The molecule has 2 heterocycles. The number of ether oxygens (including phenoxy) is 2. The summed E-state index contributed by atoms with van der Waals surface area (Å²) in [7, 11) is 0. The second-order valence-corrected chi connectivity index (χ2v) is 13.5. The molecule has 2 aliphatic heterocycles. The lowest BCUT2D eigenvalue weighted by atomic mass is 9.82. The summed E-state index contributed by atoms with van der Waals surface area (Å²) in [5.41, 5.74) is -1.25. The summed E-state index contributed by atoms with van der Waals surface area (Å²) in [5, 5.41) is 0.809. The van der Waals surface area contributed by atoms with Crippen molar-refractivity contribution in [3.8, 4) is 0 Å². The second-order valence-electron chi connectivity index (χ2n) is 13.5. The van der Waals surface area contributed by atoms with Crippen LogP contribution in [0, 0.1) is 29.1 Å². The summed E-state index contributed by atoms with van der Waals surface area (Å²) in [4.78, 5) is 108. The van der Waals surface area contributed by atoms with E-state index >= 15 is 0 Å². The number of hydrogen-bond donors (Lipinski definition) is 0. The molecule has 2 rings (SSSR count). The third-order valence-corrected chi connectivity index (χ3v) is 7.76. The van der Waals surface area contributed by atoms with Crippen LogP contribution >= 0.6 is 0 Å². The quantitative estimate of drug-likeness (QED) is 0.130. The number of rotatable bonds is 16. The lowest BCUT2D eigenvalue weighted by Crippen LogP contribution is -2.41. The largest absolute Gasteiger partial charge is 0.465 e. The minimum Gasteiger partial charge on any atom is -0.465 e. The molecule has 2 unspecified atom stereocenters. The van der Waals surface area contributed by atoms with Gasteiger partial charge in [-0.25, -0.2) is 9.59 Å². The Morgan fingerprint density at radius 2 is 1.00 bits per heavy atom. The highest BCUT2D eigenvalue weighted by Crippen LogP contribution is 2.31. The molecule has 0 aromatic carbocycles. The molecule has 47 heavy (non-hydrogen) atoms. The Bertz CT molecular complexity index is 1160. The first-order valence-electron chi connectivity index (χ1n) is 16.3. The second kappa shape index (κ2) is 17.9. The Labute approximate surface area is 277 Å². The summed E-state index contributed by atoms with van der Waals surface area (Å²) in [5.74, 6) is -9.91. The fourth-order valence-corrected chi connectivity index (χ4v) is 4.91. The third-order valence-electron chi connectivity index (χ3n) is 7.76.